The fourth-order valence-corrected chi connectivity index (χ4v) is 3.57. The lowest BCUT2D eigenvalue weighted by Crippen LogP contribution is -2.27. The Morgan fingerprint density at radius 3 is 2.62 bits per heavy atom. The predicted octanol–water partition coefficient (Wildman–Crippen LogP) is 4.20. The predicted molar refractivity (Wildman–Crippen MR) is 90.2 cm³/mol. The van der Waals surface area contributed by atoms with Crippen LogP contribution in [0.25, 0.3) is 0 Å². The van der Waals surface area contributed by atoms with Crippen LogP contribution in [0, 0.1) is 5.92 Å². The molecular formula is C16H24N2O2S. The molecule has 21 heavy (non-hydrogen) atoms. The molecule has 116 valence electrons. The van der Waals surface area contributed by atoms with Gasteiger partial charge in [-0.25, -0.2) is 4.79 Å². The van der Waals surface area contributed by atoms with Crippen LogP contribution >= 0.6 is 11.8 Å². The fraction of sp³-hybridized carbons (Fsp3) is 0.562. The van der Waals surface area contributed by atoms with E-state index in [1.54, 1.807) is 0 Å². The molecule has 1 aromatic rings. The number of carbonyl (C=O) groups is 1. The Morgan fingerprint density at radius 2 is 2.00 bits per heavy atom. The number of carbonyl (C=O) groups excluding carboxylic acids is 1. The van der Waals surface area contributed by atoms with Crippen molar-refractivity contribution in [3.63, 3.8) is 0 Å². The molecule has 4 nitrogen and oxygen atoms in total. The molecule has 1 amide bonds. The van der Waals surface area contributed by atoms with Crippen LogP contribution in [-0.2, 0) is 4.74 Å². The first-order valence-electron chi connectivity index (χ1n) is 7.28. The smallest absolute Gasteiger partial charge is 0.412 e. The molecule has 2 atom stereocenters. The van der Waals surface area contributed by atoms with E-state index in [9.17, 15) is 4.79 Å². The van der Waals surface area contributed by atoms with Gasteiger partial charge in [-0.2, -0.15) is 11.8 Å². The summed E-state index contributed by atoms with van der Waals surface area (Å²) in [5, 5.41) is 6.31. The molecule has 1 heterocycles. The summed E-state index contributed by atoms with van der Waals surface area (Å²) >= 11 is 1.98. The number of ether oxygens (including phenoxy) is 1. The Bertz CT molecular complexity index is 499. The molecule has 1 saturated heterocycles. The van der Waals surface area contributed by atoms with Gasteiger partial charge in [-0.3, -0.25) is 5.32 Å². The molecule has 0 aliphatic carbocycles. The van der Waals surface area contributed by atoms with Gasteiger partial charge in [0.2, 0.25) is 0 Å². The fourth-order valence-electron chi connectivity index (χ4n) is 2.17. The van der Waals surface area contributed by atoms with Gasteiger partial charge in [-0.05, 0) is 50.6 Å². The normalized spacial score (nSPS) is 21.9. The van der Waals surface area contributed by atoms with Crippen molar-refractivity contribution in [3.8, 4) is 0 Å². The van der Waals surface area contributed by atoms with Crippen molar-refractivity contribution in [2.24, 2.45) is 5.92 Å². The van der Waals surface area contributed by atoms with Crippen molar-refractivity contribution in [2.75, 3.05) is 22.1 Å². The quantitative estimate of drug-likeness (QED) is 0.879. The third-order valence-electron chi connectivity index (χ3n) is 3.22. The minimum absolute atomic E-state index is 0.426. The van der Waals surface area contributed by atoms with Crippen LogP contribution in [0.5, 0.6) is 0 Å². The van der Waals surface area contributed by atoms with E-state index in [4.69, 9.17) is 4.74 Å². The maximum Gasteiger partial charge on any atom is 0.412 e. The summed E-state index contributed by atoms with van der Waals surface area (Å²) in [6, 6.07) is 8.26. The van der Waals surface area contributed by atoms with Crippen molar-refractivity contribution >= 4 is 29.2 Å². The summed E-state index contributed by atoms with van der Waals surface area (Å²) in [5.41, 5.74) is 1.28. The van der Waals surface area contributed by atoms with E-state index >= 15 is 0 Å². The van der Waals surface area contributed by atoms with E-state index in [1.165, 1.54) is 5.75 Å². The Balaban J connectivity index is 1.96. The van der Waals surface area contributed by atoms with Crippen molar-refractivity contribution < 1.29 is 9.53 Å². The average Bonchev–Trinajstić information content (AvgIpc) is 2.73. The van der Waals surface area contributed by atoms with Crippen LogP contribution in [0.2, 0.25) is 0 Å². The summed E-state index contributed by atoms with van der Waals surface area (Å²) in [6.45, 7) is 7.82. The van der Waals surface area contributed by atoms with Gasteiger partial charge in [-0.15, -0.1) is 0 Å². The average molecular weight is 308 g/mol. The first-order valence-corrected chi connectivity index (χ1v) is 8.43. The van der Waals surface area contributed by atoms with E-state index in [1.807, 2.05) is 56.8 Å². The standard InChI is InChI=1S/C16H24N2O2S/c1-11-9-21-10-14(11)17-12-6-5-7-13(8-12)18-15(19)20-16(2,3)4/h5-8,11,14,17H,9-10H2,1-4H3,(H,18,19). The van der Waals surface area contributed by atoms with Gasteiger partial charge in [0, 0.05) is 23.2 Å². The molecular weight excluding hydrogens is 284 g/mol. The number of benzene rings is 1. The molecule has 0 bridgehead atoms. The first-order chi connectivity index (χ1) is 9.83. The Morgan fingerprint density at radius 1 is 1.29 bits per heavy atom. The van der Waals surface area contributed by atoms with Crippen molar-refractivity contribution in [3.05, 3.63) is 24.3 Å². The summed E-state index contributed by atoms with van der Waals surface area (Å²) in [6.07, 6.45) is -0.426. The Kier molecular flexibility index (Phi) is 5.04. The van der Waals surface area contributed by atoms with Crippen LogP contribution < -0.4 is 10.6 Å². The molecule has 2 rings (SSSR count). The molecule has 1 aliphatic rings. The maximum atomic E-state index is 11.8. The zero-order chi connectivity index (χ0) is 15.5. The highest BCUT2D eigenvalue weighted by atomic mass is 32.2. The van der Waals surface area contributed by atoms with E-state index in [0.29, 0.717) is 12.0 Å². The number of thioether (sulfide) groups is 1. The molecule has 2 N–H and O–H groups in total. The second-order valence-electron chi connectivity index (χ2n) is 6.47. The van der Waals surface area contributed by atoms with Crippen molar-refractivity contribution in [1.82, 2.24) is 0 Å². The van der Waals surface area contributed by atoms with Gasteiger partial charge in [0.25, 0.3) is 0 Å². The third kappa shape index (κ3) is 5.16. The van der Waals surface area contributed by atoms with E-state index < -0.39 is 11.7 Å². The van der Waals surface area contributed by atoms with Crippen LogP contribution in [0.4, 0.5) is 16.2 Å². The Labute approximate surface area is 131 Å². The molecule has 1 aliphatic heterocycles. The summed E-state index contributed by atoms with van der Waals surface area (Å²) in [5.74, 6) is 3.00. The van der Waals surface area contributed by atoms with E-state index in [0.717, 1.165) is 17.1 Å². The van der Waals surface area contributed by atoms with Gasteiger partial charge in [0.15, 0.2) is 0 Å². The van der Waals surface area contributed by atoms with Crippen LogP contribution in [0.1, 0.15) is 27.7 Å². The largest absolute Gasteiger partial charge is 0.444 e. The highest BCUT2D eigenvalue weighted by Gasteiger charge is 2.23. The molecule has 0 radical (unpaired) electrons. The van der Waals surface area contributed by atoms with Crippen molar-refractivity contribution in [2.45, 2.75) is 39.3 Å². The molecule has 0 spiro atoms. The number of anilines is 2. The zero-order valence-corrected chi connectivity index (χ0v) is 13.9. The van der Waals surface area contributed by atoms with Gasteiger partial charge in [-0.1, -0.05) is 13.0 Å². The highest BCUT2D eigenvalue weighted by Crippen LogP contribution is 2.27. The lowest BCUT2D eigenvalue weighted by Gasteiger charge is -2.20. The number of nitrogens with one attached hydrogen (secondary N) is 2. The number of amides is 1. The lowest BCUT2D eigenvalue weighted by molar-refractivity contribution is 0.0636. The van der Waals surface area contributed by atoms with Crippen LogP contribution in [-0.4, -0.2) is 29.2 Å². The molecule has 1 aromatic carbocycles. The SMILES string of the molecule is CC1CSCC1Nc1cccc(NC(=O)OC(C)(C)C)c1. The summed E-state index contributed by atoms with van der Waals surface area (Å²) in [7, 11) is 0. The zero-order valence-electron chi connectivity index (χ0n) is 13.1. The van der Waals surface area contributed by atoms with E-state index in [2.05, 4.69) is 17.6 Å². The molecule has 0 aromatic heterocycles. The van der Waals surface area contributed by atoms with Gasteiger partial charge >= 0.3 is 6.09 Å². The second-order valence-corrected chi connectivity index (χ2v) is 7.55. The van der Waals surface area contributed by atoms with Gasteiger partial charge < -0.3 is 10.1 Å². The maximum absolute atomic E-state index is 11.8. The molecule has 1 fully saturated rings. The molecule has 0 saturated carbocycles. The summed E-state index contributed by atoms with van der Waals surface area (Å²) < 4.78 is 5.26. The summed E-state index contributed by atoms with van der Waals surface area (Å²) in [4.78, 5) is 11.8. The van der Waals surface area contributed by atoms with E-state index in [-0.39, 0.29) is 0 Å². The monoisotopic (exact) mass is 308 g/mol. The highest BCUT2D eigenvalue weighted by molar-refractivity contribution is 7.99. The van der Waals surface area contributed by atoms with Crippen molar-refractivity contribution in [1.29, 1.82) is 0 Å². The minimum Gasteiger partial charge on any atom is -0.444 e. The number of hydrogen-bond donors (Lipinski definition) is 2. The number of hydrogen-bond acceptors (Lipinski definition) is 4. The topological polar surface area (TPSA) is 50.4 Å². The molecule has 5 heteroatoms. The third-order valence-corrected chi connectivity index (χ3v) is 4.58. The lowest BCUT2D eigenvalue weighted by atomic mass is 10.1. The first kappa shape index (κ1) is 16.0. The molecule has 2 unspecified atom stereocenters. The van der Waals surface area contributed by atoms with Crippen LogP contribution in [0.15, 0.2) is 24.3 Å². The van der Waals surface area contributed by atoms with Crippen LogP contribution in [0.3, 0.4) is 0 Å². The Hall–Kier alpha value is -1.36. The number of rotatable bonds is 3. The van der Waals surface area contributed by atoms with Gasteiger partial charge in [0.05, 0.1) is 0 Å². The minimum atomic E-state index is -0.490. The van der Waals surface area contributed by atoms with Gasteiger partial charge in [0.1, 0.15) is 5.60 Å². The second kappa shape index (κ2) is 6.60.